The number of aliphatic imine (C=N–C) groups is 1. The third-order valence-corrected chi connectivity index (χ3v) is 4.66. The Bertz CT molecular complexity index is 579. The zero-order valence-corrected chi connectivity index (χ0v) is 18.5. The Hall–Kier alpha value is -1.35. The van der Waals surface area contributed by atoms with Crippen molar-refractivity contribution < 1.29 is 4.79 Å². The SMILES string of the molecule is CN=C(NCCNC(=O)c1ccccc1)NC1CN(C(C)C)CC1C.I. The Balaban J connectivity index is 0.00000338. The lowest BCUT2D eigenvalue weighted by atomic mass is 10.1. The molecule has 2 unspecified atom stereocenters. The van der Waals surface area contributed by atoms with Crippen LogP contribution in [0.5, 0.6) is 0 Å². The van der Waals surface area contributed by atoms with Gasteiger partial charge in [0.15, 0.2) is 5.96 Å². The molecule has 2 rings (SSSR count). The van der Waals surface area contributed by atoms with Crippen LogP contribution in [0.15, 0.2) is 35.3 Å². The second kappa shape index (κ2) is 11.4. The van der Waals surface area contributed by atoms with Crippen molar-refractivity contribution in [3.63, 3.8) is 0 Å². The van der Waals surface area contributed by atoms with E-state index in [-0.39, 0.29) is 29.9 Å². The molecule has 0 radical (unpaired) electrons. The molecule has 1 aromatic rings. The van der Waals surface area contributed by atoms with Crippen molar-refractivity contribution in [2.75, 3.05) is 33.2 Å². The summed E-state index contributed by atoms with van der Waals surface area (Å²) in [6.45, 7) is 10.1. The van der Waals surface area contributed by atoms with Gasteiger partial charge in [0.05, 0.1) is 0 Å². The van der Waals surface area contributed by atoms with Crippen LogP contribution in [-0.4, -0.2) is 62.1 Å². The third kappa shape index (κ3) is 6.75. The molecule has 3 N–H and O–H groups in total. The summed E-state index contributed by atoms with van der Waals surface area (Å²) >= 11 is 0. The molecular formula is C19H32IN5O. The summed E-state index contributed by atoms with van der Waals surface area (Å²) in [7, 11) is 1.78. The standard InChI is InChI=1S/C19H31N5O.HI/c1-14(2)24-12-15(3)17(13-24)23-19(20-4)22-11-10-21-18(25)16-8-6-5-7-9-16;/h5-9,14-15,17H,10-13H2,1-4H3,(H,21,25)(H2,20,22,23);1H. The van der Waals surface area contributed by atoms with Crippen LogP contribution < -0.4 is 16.0 Å². The van der Waals surface area contributed by atoms with Crippen molar-refractivity contribution in [3.05, 3.63) is 35.9 Å². The van der Waals surface area contributed by atoms with E-state index >= 15 is 0 Å². The number of guanidine groups is 1. The Morgan fingerprint density at radius 3 is 2.42 bits per heavy atom. The van der Waals surface area contributed by atoms with E-state index in [1.165, 1.54) is 0 Å². The fourth-order valence-corrected chi connectivity index (χ4v) is 3.03. The van der Waals surface area contributed by atoms with Crippen LogP contribution >= 0.6 is 24.0 Å². The van der Waals surface area contributed by atoms with E-state index in [9.17, 15) is 4.79 Å². The largest absolute Gasteiger partial charge is 0.355 e. The monoisotopic (exact) mass is 473 g/mol. The highest BCUT2D eigenvalue weighted by Crippen LogP contribution is 2.18. The maximum Gasteiger partial charge on any atom is 0.251 e. The molecule has 1 heterocycles. The fourth-order valence-electron chi connectivity index (χ4n) is 3.03. The first kappa shape index (κ1) is 22.7. The van der Waals surface area contributed by atoms with E-state index in [4.69, 9.17) is 0 Å². The molecule has 146 valence electrons. The number of carbonyl (C=O) groups excluding carboxylic acids is 1. The van der Waals surface area contributed by atoms with Gasteiger partial charge in [-0.15, -0.1) is 24.0 Å². The number of carbonyl (C=O) groups is 1. The van der Waals surface area contributed by atoms with E-state index in [1.807, 2.05) is 30.3 Å². The Kier molecular flexibility index (Phi) is 9.93. The highest BCUT2D eigenvalue weighted by molar-refractivity contribution is 14.0. The van der Waals surface area contributed by atoms with Gasteiger partial charge in [-0.05, 0) is 31.9 Å². The van der Waals surface area contributed by atoms with Crippen molar-refractivity contribution in [2.45, 2.75) is 32.9 Å². The zero-order chi connectivity index (χ0) is 18.2. The van der Waals surface area contributed by atoms with Crippen LogP contribution in [-0.2, 0) is 0 Å². The van der Waals surface area contributed by atoms with Crippen LogP contribution in [0.4, 0.5) is 0 Å². The lowest BCUT2D eigenvalue weighted by molar-refractivity contribution is 0.0954. The van der Waals surface area contributed by atoms with Gasteiger partial charge >= 0.3 is 0 Å². The van der Waals surface area contributed by atoms with E-state index in [0.29, 0.717) is 36.7 Å². The molecular weight excluding hydrogens is 441 g/mol. The maximum atomic E-state index is 12.0. The molecule has 1 saturated heterocycles. The molecule has 0 spiro atoms. The summed E-state index contributed by atoms with van der Waals surface area (Å²) in [5.74, 6) is 1.32. The predicted octanol–water partition coefficient (Wildman–Crippen LogP) is 1.93. The van der Waals surface area contributed by atoms with E-state index in [1.54, 1.807) is 7.05 Å². The molecule has 1 amide bonds. The number of hydrogen-bond donors (Lipinski definition) is 3. The number of amides is 1. The van der Waals surface area contributed by atoms with Crippen molar-refractivity contribution in [2.24, 2.45) is 10.9 Å². The second-order valence-corrected chi connectivity index (χ2v) is 6.90. The van der Waals surface area contributed by atoms with Crippen LogP contribution in [0.1, 0.15) is 31.1 Å². The minimum atomic E-state index is -0.0534. The van der Waals surface area contributed by atoms with Gasteiger partial charge in [0.2, 0.25) is 0 Å². The normalized spacial score (nSPS) is 20.6. The minimum Gasteiger partial charge on any atom is -0.355 e. The smallest absolute Gasteiger partial charge is 0.251 e. The Morgan fingerprint density at radius 1 is 1.19 bits per heavy atom. The Labute approximate surface area is 174 Å². The molecule has 1 aliphatic heterocycles. The quantitative estimate of drug-likeness (QED) is 0.256. The van der Waals surface area contributed by atoms with Gasteiger partial charge in [-0.1, -0.05) is 25.1 Å². The first-order chi connectivity index (χ1) is 12.0. The van der Waals surface area contributed by atoms with Crippen LogP contribution in [0.3, 0.4) is 0 Å². The lowest BCUT2D eigenvalue weighted by Crippen LogP contribution is -2.48. The summed E-state index contributed by atoms with van der Waals surface area (Å²) in [5, 5.41) is 9.69. The van der Waals surface area contributed by atoms with E-state index in [0.717, 1.165) is 19.0 Å². The number of nitrogens with one attached hydrogen (secondary N) is 3. The summed E-state index contributed by atoms with van der Waals surface area (Å²) in [5.41, 5.74) is 0.679. The number of halogens is 1. The van der Waals surface area contributed by atoms with Crippen molar-refractivity contribution >= 4 is 35.8 Å². The van der Waals surface area contributed by atoms with Gasteiger partial charge < -0.3 is 16.0 Å². The molecule has 2 atom stereocenters. The summed E-state index contributed by atoms with van der Waals surface area (Å²) < 4.78 is 0. The van der Waals surface area contributed by atoms with Crippen LogP contribution in [0.25, 0.3) is 0 Å². The van der Waals surface area contributed by atoms with Crippen molar-refractivity contribution in [1.29, 1.82) is 0 Å². The van der Waals surface area contributed by atoms with Crippen LogP contribution in [0.2, 0.25) is 0 Å². The molecule has 1 aromatic carbocycles. The Morgan fingerprint density at radius 2 is 1.85 bits per heavy atom. The third-order valence-electron chi connectivity index (χ3n) is 4.66. The molecule has 0 bridgehead atoms. The first-order valence-corrected chi connectivity index (χ1v) is 9.05. The van der Waals surface area contributed by atoms with Gasteiger partial charge in [-0.25, -0.2) is 0 Å². The number of hydrogen-bond acceptors (Lipinski definition) is 3. The van der Waals surface area contributed by atoms with E-state index < -0.39 is 0 Å². The summed E-state index contributed by atoms with van der Waals surface area (Å²) in [6.07, 6.45) is 0. The molecule has 1 aliphatic rings. The molecule has 26 heavy (non-hydrogen) atoms. The number of likely N-dealkylation sites (tertiary alicyclic amines) is 1. The average molecular weight is 473 g/mol. The fraction of sp³-hybridized carbons (Fsp3) is 0.579. The summed E-state index contributed by atoms with van der Waals surface area (Å²) in [4.78, 5) is 18.8. The van der Waals surface area contributed by atoms with E-state index in [2.05, 4.69) is 46.6 Å². The molecule has 0 aromatic heterocycles. The zero-order valence-electron chi connectivity index (χ0n) is 16.2. The maximum absolute atomic E-state index is 12.0. The number of rotatable bonds is 6. The molecule has 6 nitrogen and oxygen atoms in total. The minimum absolute atomic E-state index is 0. The van der Waals surface area contributed by atoms with Gasteiger partial charge in [0.1, 0.15) is 0 Å². The van der Waals surface area contributed by atoms with Gasteiger partial charge in [0.25, 0.3) is 5.91 Å². The molecule has 0 aliphatic carbocycles. The van der Waals surface area contributed by atoms with Gasteiger partial charge in [-0.3, -0.25) is 14.7 Å². The molecule has 1 fully saturated rings. The van der Waals surface area contributed by atoms with Crippen LogP contribution in [0, 0.1) is 5.92 Å². The summed E-state index contributed by atoms with van der Waals surface area (Å²) in [6, 6.07) is 10.2. The molecule has 7 heteroatoms. The first-order valence-electron chi connectivity index (χ1n) is 9.05. The van der Waals surface area contributed by atoms with Crippen molar-refractivity contribution in [3.8, 4) is 0 Å². The predicted molar refractivity (Wildman–Crippen MR) is 118 cm³/mol. The lowest BCUT2D eigenvalue weighted by Gasteiger charge is -2.22. The number of benzene rings is 1. The molecule has 0 saturated carbocycles. The highest BCUT2D eigenvalue weighted by Gasteiger charge is 2.31. The highest BCUT2D eigenvalue weighted by atomic mass is 127. The average Bonchev–Trinajstić information content (AvgIpc) is 2.99. The number of nitrogens with zero attached hydrogens (tertiary/aromatic N) is 2. The second-order valence-electron chi connectivity index (χ2n) is 6.90. The van der Waals surface area contributed by atoms with Crippen molar-refractivity contribution in [1.82, 2.24) is 20.9 Å². The van der Waals surface area contributed by atoms with Gasteiger partial charge in [0, 0.05) is 50.9 Å². The van der Waals surface area contributed by atoms with Gasteiger partial charge in [-0.2, -0.15) is 0 Å². The topological polar surface area (TPSA) is 68.8 Å².